The van der Waals surface area contributed by atoms with Gasteiger partial charge in [0.05, 0.1) is 5.69 Å². The van der Waals surface area contributed by atoms with E-state index in [0.717, 1.165) is 0 Å². The number of ether oxygens (including phenoxy) is 1. The van der Waals surface area contributed by atoms with Crippen LogP contribution in [0, 0.1) is 0 Å². The average molecular weight is 260 g/mol. The SMILES string of the molecule is C[C@@]1(C(N)=O)C(=O)NN=C2COc3ccccc3N21. The van der Waals surface area contributed by atoms with Crippen LogP contribution in [0.5, 0.6) is 5.75 Å². The van der Waals surface area contributed by atoms with Gasteiger partial charge in [0.25, 0.3) is 11.8 Å². The minimum Gasteiger partial charge on any atom is -0.483 e. The van der Waals surface area contributed by atoms with Gasteiger partial charge in [0.15, 0.2) is 5.84 Å². The predicted octanol–water partition coefficient (Wildman–Crippen LogP) is -0.427. The van der Waals surface area contributed by atoms with Crippen molar-refractivity contribution in [3.05, 3.63) is 24.3 Å². The fourth-order valence-corrected chi connectivity index (χ4v) is 2.24. The molecule has 0 unspecified atom stereocenters. The number of hydrogen-bond acceptors (Lipinski definition) is 5. The Kier molecular flexibility index (Phi) is 2.25. The zero-order valence-electron chi connectivity index (χ0n) is 10.2. The molecule has 0 spiro atoms. The third-order valence-corrected chi connectivity index (χ3v) is 3.38. The minimum atomic E-state index is -1.52. The molecule has 2 amide bonds. The molecule has 3 rings (SSSR count). The maximum atomic E-state index is 12.0. The number of primary amides is 1. The highest BCUT2D eigenvalue weighted by atomic mass is 16.5. The van der Waals surface area contributed by atoms with Crippen LogP contribution in [0.25, 0.3) is 0 Å². The Morgan fingerprint density at radius 1 is 1.53 bits per heavy atom. The number of amides is 2. The molecule has 2 heterocycles. The van der Waals surface area contributed by atoms with Gasteiger partial charge >= 0.3 is 0 Å². The maximum Gasteiger partial charge on any atom is 0.275 e. The molecule has 1 aromatic carbocycles. The predicted molar refractivity (Wildman–Crippen MR) is 67.6 cm³/mol. The Balaban J connectivity index is 2.23. The normalized spacial score (nSPS) is 24.6. The fourth-order valence-electron chi connectivity index (χ4n) is 2.24. The number of hydrogen-bond donors (Lipinski definition) is 2. The molecule has 98 valence electrons. The van der Waals surface area contributed by atoms with Crippen molar-refractivity contribution >= 4 is 23.3 Å². The van der Waals surface area contributed by atoms with Gasteiger partial charge in [-0.1, -0.05) is 12.1 Å². The number of fused-ring (bicyclic) bond motifs is 3. The number of anilines is 1. The molecule has 1 aromatic rings. The zero-order chi connectivity index (χ0) is 13.6. The lowest BCUT2D eigenvalue weighted by Crippen LogP contribution is -2.69. The number of hydrazone groups is 1. The number of amidine groups is 1. The summed E-state index contributed by atoms with van der Waals surface area (Å²) in [5.74, 6) is -0.266. The number of benzene rings is 1. The summed E-state index contributed by atoms with van der Waals surface area (Å²) in [6, 6.07) is 7.12. The van der Waals surface area contributed by atoms with Gasteiger partial charge in [-0.3, -0.25) is 14.5 Å². The molecule has 0 aromatic heterocycles. The molecular weight excluding hydrogens is 248 g/mol. The molecular formula is C12H12N4O3. The fraction of sp³-hybridized carbons (Fsp3) is 0.250. The standard InChI is InChI=1S/C12H12N4O3/c1-12(10(13)17)11(18)15-14-9-6-19-8-5-3-2-4-7(8)16(9)12/h2-5H,6H2,1H3,(H2,13,17)(H,15,18)/t12-/m1/s1. The van der Waals surface area contributed by atoms with Crippen LogP contribution < -0.4 is 20.8 Å². The van der Waals surface area contributed by atoms with Crippen molar-refractivity contribution in [1.82, 2.24) is 5.43 Å². The van der Waals surface area contributed by atoms with Crippen molar-refractivity contribution in [1.29, 1.82) is 0 Å². The van der Waals surface area contributed by atoms with E-state index in [-0.39, 0.29) is 6.61 Å². The highest BCUT2D eigenvalue weighted by molar-refractivity contribution is 6.21. The van der Waals surface area contributed by atoms with Crippen molar-refractivity contribution in [2.45, 2.75) is 12.5 Å². The van der Waals surface area contributed by atoms with Crippen LogP contribution in [0.4, 0.5) is 5.69 Å². The summed E-state index contributed by atoms with van der Waals surface area (Å²) in [6.45, 7) is 1.64. The van der Waals surface area contributed by atoms with Crippen LogP contribution in [-0.4, -0.2) is 29.8 Å². The molecule has 0 saturated carbocycles. The zero-order valence-corrected chi connectivity index (χ0v) is 10.2. The molecule has 2 aliphatic rings. The van der Waals surface area contributed by atoms with Crippen LogP contribution in [0.1, 0.15) is 6.92 Å². The van der Waals surface area contributed by atoms with Gasteiger partial charge in [0.1, 0.15) is 12.4 Å². The summed E-state index contributed by atoms with van der Waals surface area (Å²) >= 11 is 0. The first kappa shape index (κ1) is 11.5. The van der Waals surface area contributed by atoms with Gasteiger partial charge in [0.2, 0.25) is 5.54 Å². The van der Waals surface area contributed by atoms with Crippen LogP contribution in [-0.2, 0) is 9.59 Å². The van der Waals surface area contributed by atoms with E-state index in [1.165, 1.54) is 11.8 Å². The molecule has 1 atom stereocenters. The Hall–Kier alpha value is -2.57. The van der Waals surface area contributed by atoms with E-state index in [0.29, 0.717) is 17.3 Å². The third-order valence-electron chi connectivity index (χ3n) is 3.38. The summed E-state index contributed by atoms with van der Waals surface area (Å²) in [7, 11) is 0. The largest absolute Gasteiger partial charge is 0.483 e. The molecule has 3 N–H and O–H groups in total. The molecule has 2 aliphatic heterocycles. The first-order chi connectivity index (χ1) is 9.05. The molecule has 0 aliphatic carbocycles. The lowest BCUT2D eigenvalue weighted by Gasteiger charge is -2.44. The first-order valence-corrected chi connectivity index (χ1v) is 5.74. The monoisotopic (exact) mass is 260 g/mol. The number of nitrogens with one attached hydrogen (secondary N) is 1. The average Bonchev–Trinajstić information content (AvgIpc) is 2.42. The number of carbonyl (C=O) groups excluding carboxylic acids is 2. The second kappa shape index (κ2) is 3.71. The Morgan fingerprint density at radius 2 is 2.26 bits per heavy atom. The molecule has 7 heteroatoms. The van der Waals surface area contributed by atoms with E-state index in [1.54, 1.807) is 18.2 Å². The van der Waals surface area contributed by atoms with Gasteiger partial charge in [-0.25, -0.2) is 5.43 Å². The number of nitrogens with two attached hydrogens (primary N) is 1. The van der Waals surface area contributed by atoms with Crippen LogP contribution in [0.2, 0.25) is 0 Å². The van der Waals surface area contributed by atoms with E-state index < -0.39 is 17.4 Å². The summed E-state index contributed by atoms with van der Waals surface area (Å²) in [4.78, 5) is 25.3. The Bertz CT molecular complexity index is 613. The third kappa shape index (κ3) is 1.41. The molecule has 19 heavy (non-hydrogen) atoms. The quantitative estimate of drug-likeness (QED) is 0.670. The van der Waals surface area contributed by atoms with E-state index in [9.17, 15) is 9.59 Å². The van der Waals surface area contributed by atoms with Gasteiger partial charge in [0, 0.05) is 0 Å². The second-order valence-electron chi connectivity index (χ2n) is 4.50. The van der Waals surface area contributed by atoms with Gasteiger partial charge < -0.3 is 10.5 Å². The van der Waals surface area contributed by atoms with Crippen LogP contribution >= 0.6 is 0 Å². The lowest BCUT2D eigenvalue weighted by molar-refractivity contribution is -0.134. The summed E-state index contributed by atoms with van der Waals surface area (Å²) in [6.07, 6.45) is 0. The topological polar surface area (TPSA) is 97.0 Å². The van der Waals surface area contributed by atoms with Crippen molar-refractivity contribution in [3.8, 4) is 5.75 Å². The highest BCUT2D eigenvalue weighted by Crippen LogP contribution is 2.37. The Labute approximate surface area is 109 Å². The van der Waals surface area contributed by atoms with Crippen molar-refractivity contribution < 1.29 is 14.3 Å². The molecule has 0 bridgehead atoms. The minimum absolute atomic E-state index is 0.167. The van der Waals surface area contributed by atoms with Gasteiger partial charge in [-0.15, -0.1) is 0 Å². The van der Waals surface area contributed by atoms with Gasteiger partial charge in [-0.05, 0) is 19.1 Å². The lowest BCUT2D eigenvalue weighted by atomic mass is 9.95. The highest BCUT2D eigenvalue weighted by Gasteiger charge is 2.52. The summed E-state index contributed by atoms with van der Waals surface area (Å²) in [5.41, 5.74) is 6.81. The molecule has 0 saturated heterocycles. The van der Waals surface area contributed by atoms with E-state index >= 15 is 0 Å². The summed E-state index contributed by atoms with van der Waals surface area (Å²) < 4.78 is 5.53. The van der Waals surface area contributed by atoms with Gasteiger partial charge in [-0.2, -0.15) is 5.10 Å². The first-order valence-electron chi connectivity index (χ1n) is 5.74. The van der Waals surface area contributed by atoms with Crippen molar-refractivity contribution in [2.24, 2.45) is 10.8 Å². The number of nitrogens with zero attached hydrogens (tertiary/aromatic N) is 2. The van der Waals surface area contributed by atoms with E-state index in [2.05, 4.69) is 10.5 Å². The van der Waals surface area contributed by atoms with Crippen LogP contribution in [0.15, 0.2) is 29.4 Å². The van der Waals surface area contributed by atoms with E-state index in [1.807, 2.05) is 6.07 Å². The Morgan fingerprint density at radius 3 is 3.00 bits per heavy atom. The summed E-state index contributed by atoms with van der Waals surface area (Å²) in [5, 5.41) is 3.92. The van der Waals surface area contributed by atoms with Crippen molar-refractivity contribution in [2.75, 3.05) is 11.5 Å². The second-order valence-corrected chi connectivity index (χ2v) is 4.50. The molecule has 7 nitrogen and oxygen atoms in total. The smallest absolute Gasteiger partial charge is 0.275 e. The maximum absolute atomic E-state index is 12.0. The van der Waals surface area contributed by atoms with E-state index in [4.69, 9.17) is 10.5 Å². The molecule has 0 fully saturated rings. The van der Waals surface area contributed by atoms with Crippen molar-refractivity contribution in [3.63, 3.8) is 0 Å². The molecule has 0 radical (unpaired) electrons. The van der Waals surface area contributed by atoms with Crippen LogP contribution in [0.3, 0.4) is 0 Å². The number of rotatable bonds is 1. The number of carbonyl (C=O) groups is 2. The number of para-hydroxylation sites is 2.